The van der Waals surface area contributed by atoms with E-state index in [-0.39, 0.29) is 11.7 Å². The van der Waals surface area contributed by atoms with Gasteiger partial charge in [0.1, 0.15) is 10.8 Å². The summed E-state index contributed by atoms with van der Waals surface area (Å²) in [5, 5.41) is 17.1. The molecule has 7 nitrogen and oxygen atoms in total. The van der Waals surface area contributed by atoms with Crippen molar-refractivity contribution >= 4 is 40.6 Å². The van der Waals surface area contributed by atoms with Crippen LogP contribution in [0.5, 0.6) is 5.75 Å². The lowest BCUT2D eigenvalue weighted by molar-refractivity contribution is -0.113. The third kappa shape index (κ3) is 4.72. The summed E-state index contributed by atoms with van der Waals surface area (Å²) in [5.41, 5.74) is 2.20. The number of halogens is 1. The second kappa shape index (κ2) is 9.15. The summed E-state index contributed by atoms with van der Waals surface area (Å²) in [6.45, 7) is 2.53. The first-order valence-corrected chi connectivity index (χ1v) is 10.6. The standard InChI is InChI=1S/C21H18ClN5O2S/c1-2-29-17-9-7-16(8-10-17)23-19(28)13-30-20-12-11-18-24-25-21(27(18)26-20)14-3-5-15(22)6-4-14/h3-12H,2,13H2,1H3,(H,23,28). The molecule has 2 aromatic carbocycles. The van der Waals surface area contributed by atoms with Crippen LogP contribution >= 0.6 is 23.4 Å². The van der Waals surface area contributed by atoms with Crippen molar-refractivity contribution in [3.05, 3.63) is 65.7 Å². The predicted molar refractivity (Wildman–Crippen MR) is 118 cm³/mol. The van der Waals surface area contributed by atoms with Crippen LogP contribution in [0.4, 0.5) is 5.69 Å². The molecular weight excluding hydrogens is 422 g/mol. The van der Waals surface area contributed by atoms with Crippen molar-refractivity contribution in [2.24, 2.45) is 0 Å². The molecule has 0 saturated carbocycles. The number of hydrogen-bond donors (Lipinski definition) is 1. The fourth-order valence-corrected chi connectivity index (χ4v) is 3.55. The van der Waals surface area contributed by atoms with Crippen LogP contribution in [-0.4, -0.2) is 38.1 Å². The number of anilines is 1. The second-order valence-corrected chi connectivity index (χ2v) is 7.70. The Hall–Kier alpha value is -3.10. The summed E-state index contributed by atoms with van der Waals surface area (Å²) in [7, 11) is 0. The smallest absolute Gasteiger partial charge is 0.234 e. The van der Waals surface area contributed by atoms with E-state index in [2.05, 4.69) is 20.6 Å². The minimum Gasteiger partial charge on any atom is -0.494 e. The van der Waals surface area contributed by atoms with Crippen LogP contribution in [0.1, 0.15) is 6.92 Å². The van der Waals surface area contributed by atoms with Gasteiger partial charge in [0, 0.05) is 16.3 Å². The summed E-state index contributed by atoms with van der Waals surface area (Å²) in [6, 6.07) is 18.2. The molecule has 0 spiro atoms. The fourth-order valence-electron chi connectivity index (χ4n) is 2.77. The highest BCUT2D eigenvalue weighted by atomic mass is 35.5. The number of amides is 1. The minimum absolute atomic E-state index is 0.118. The molecule has 0 fully saturated rings. The summed E-state index contributed by atoms with van der Waals surface area (Å²) >= 11 is 7.30. The molecule has 9 heteroatoms. The van der Waals surface area contributed by atoms with Gasteiger partial charge >= 0.3 is 0 Å². The first kappa shape index (κ1) is 20.2. The molecule has 0 aliphatic heterocycles. The molecule has 0 aliphatic rings. The van der Waals surface area contributed by atoms with Crippen LogP contribution in [-0.2, 0) is 4.79 Å². The number of benzene rings is 2. The zero-order valence-electron chi connectivity index (χ0n) is 16.1. The van der Waals surface area contributed by atoms with Crippen molar-refractivity contribution in [3.8, 4) is 17.1 Å². The van der Waals surface area contributed by atoms with Crippen LogP contribution in [0.15, 0.2) is 65.7 Å². The van der Waals surface area contributed by atoms with E-state index in [4.69, 9.17) is 16.3 Å². The van der Waals surface area contributed by atoms with Gasteiger partial charge in [0.2, 0.25) is 5.91 Å². The SMILES string of the molecule is CCOc1ccc(NC(=O)CSc2ccc3nnc(-c4ccc(Cl)cc4)n3n2)cc1. The van der Waals surface area contributed by atoms with Gasteiger partial charge in [-0.15, -0.1) is 10.2 Å². The molecule has 0 aliphatic carbocycles. The Bertz CT molecular complexity index is 1160. The molecule has 30 heavy (non-hydrogen) atoms. The molecule has 152 valence electrons. The van der Waals surface area contributed by atoms with Crippen LogP contribution in [0.2, 0.25) is 5.02 Å². The Balaban J connectivity index is 1.43. The number of rotatable bonds is 7. The van der Waals surface area contributed by atoms with E-state index in [1.807, 2.05) is 55.5 Å². The highest BCUT2D eigenvalue weighted by Gasteiger charge is 2.11. The van der Waals surface area contributed by atoms with E-state index >= 15 is 0 Å². The maximum atomic E-state index is 12.3. The van der Waals surface area contributed by atoms with Crippen molar-refractivity contribution in [2.75, 3.05) is 17.7 Å². The maximum absolute atomic E-state index is 12.3. The molecular formula is C21H18ClN5O2S. The Kier molecular flexibility index (Phi) is 6.15. The molecule has 0 bridgehead atoms. The molecule has 4 aromatic rings. The average Bonchev–Trinajstić information content (AvgIpc) is 3.18. The normalized spacial score (nSPS) is 10.9. The van der Waals surface area contributed by atoms with Gasteiger partial charge in [-0.05, 0) is 67.6 Å². The largest absolute Gasteiger partial charge is 0.494 e. The maximum Gasteiger partial charge on any atom is 0.234 e. The average molecular weight is 440 g/mol. The van der Waals surface area contributed by atoms with Crippen LogP contribution in [0.25, 0.3) is 17.0 Å². The van der Waals surface area contributed by atoms with E-state index in [1.165, 1.54) is 11.8 Å². The number of ether oxygens (including phenoxy) is 1. The summed E-state index contributed by atoms with van der Waals surface area (Å²) in [5.74, 6) is 1.49. The highest BCUT2D eigenvalue weighted by Crippen LogP contribution is 2.22. The zero-order chi connectivity index (χ0) is 20.9. The molecule has 2 aromatic heterocycles. The molecule has 4 rings (SSSR count). The molecule has 2 heterocycles. The number of carbonyl (C=O) groups excluding carboxylic acids is 1. The van der Waals surface area contributed by atoms with Crippen LogP contribution < -0.4 is 10.1 Å². The summed E-state index contributed by atoms with van der Waals surface area (Å²) in [4.78, 5) is 12.3. The molecule has 0 saturated heterocycles. The molecule has 0 unspecified atom stereocenters. The van der Waals surface area contributed by atoms with Crippen molar-refractivity contribution in [1.29, 1.82) is 0 Å². The second-order valence-electron chi connectivity index (χ2n) is 6.27. The number of nitrogens with one attached hydrogen (secondary N) is 1. The van der Waals surface area contributed by atoms with Gasteiger partial charge < -0.3 is 10.1 Å². The van der Waals surface area contributed by atoms with Crippen molar-refractivity contribution in [1.82, 2.24) is 19.8 Å². The predicted octanol–water partition coefficient (Wildman–Crippen LogP) is 4.57. The van der Waals surface area contributed by atoms with Crippen molar-refractivity contribution in [3.63, 3.8) is 0 Å². The van der Waals surface area contributed by atoms with Gasteiger partial charge in [-0.3, -0.25) is 4.79 Å². The van der Waals surface area contributed by atoms with Crippen molar-refractivity contribution < 1.29 is 9.53 Å². The Morgan fingerprint density at radius 3 is 2.57 bits per heavy atom. The highest BCUT2D eigenvalue weighted by molar-refractivity contribution is 7.99. The van der Waals surface area contributed by atoms with Gasteiger partial charge in [0.05, 0.1) is 12.4 Å². The van der Waals surface area contributed by atoms with Gasteiger partial charge in [0.25, 0.3) is 0 Å². The van der Waals surface area contributed by atoms with Gasteiger partial charge in [-0.2, -0.15) is 9.61 Å². The number of thioether (sulfide) groups is 1. The number of aromatic nitrogens is 4. The lowest BCUT2D eigenvalue weighted by Crippen LogP contribution is -2.14. The van der Waals surface area contributed by atoms with E-state index in [1.54, 1.807) is 16.6 Å². The van der Waals surface area contributed by atoms with Gasteiger partial charge in [-0.1, -0.05) is 23.4 Å². The zero-order valence-corrected chi connectivity index (χ0v) is 17.7. The number of nitrogens with zero attached hydrogens (tertiary/aromatic N) is 4. The van der Waals surface area contributed by atoms with Crippen LogP contribution in [0.3, 0.4) is 0 Å². The van der Waals surface area contributed by atoms with E-state index < -0.39 is 0 Å². The minimum atomic E-state index is -0.118. The van der Waals surface area contributed by atoms with E-state index in [0.29, 0.717) is 28.1 Å². The van der Waals surface area contributed by atoms with E-state index in [0.717, 1.165) is 17.0 Å². The third-order valence-electron chi connectivity index (χ3n) is 4.14. The molecule has 1 amide bonds. The quantitative estimate of drug-likeness (QED) is 0.425. The number of hydrogen-bond acceptors (Lipinski definition) is 6. The summed E-state index contributed by atoms with van der Waals surface area (Å²) in [6.07, 6.45) is 0. The molecule has 1 N–H and O–H groups in total. The van der Waals surface area contributed by atoms with Crippen LogP contribution in [0, 0.1) is 0 Å². The lowest BCUT2D eigenvalue weighted by atomic mass is 10.2. The van der Waals surface area contributed by atoms with Crippen molar-refractivity contribution in [2.45, 2.75) is 11.9 Å². The fraction of sp³-hybridized carbons (Fsp3) is 0.143. The number of carbonyl (C=O) groups is 1. The Labute approximate surface area is 182 Å². The third-order valence-corrected chi connectivity index (χ3v) is 5.31. The Morgan fingerprint density at radius 1 is 1.07 bits per heavy atom. The van der Waals surface area contributed by atoms with E-state index in [9.17, 15) is 4.79 Å². The van der Waals surface area contributed by atoms with Gasteiger partial charge in [-0.25, -0.2) is 0 Å². The monoisotopic (exact) mass is 439 g/mol. The van der Waals surface area contributed by atoms with Gasteiger partial charge in [0.15, 0.2) is 11.5 Å². The molecule has 0 atom stereocenters. The molecule has 0 radical (unpaired) electrons. The topological polar surface area (TPSA) is 81.4 Å². The Morgan fingerprint density at radius 2 is 1.83 bits per heavy atom. The first-order chi connectivity index (χ1) is 14.6. The lowest BCUT2D eigenvalue weighted by Gasteiger charge is -2.07. The first-order valence-electron chi connectivity index (χ1n) is 9.26. The number of fused-ring (bicyclic) bond motifs is 1. The summed E-state index contributed by atoms with van der Waals surface area (Å²) < 4.78 is 7.07.